The summed E-state index contributed by atoms with van der Waals surface area (Å²) in [6, 6.07) is 13.4. The number of thiophene rings is 1. The van der Waals surface area contributed by atoms with Crippen LogP contribution in [0.4, 0.5) is 0 Å². The molecule has 0 bridgehead atoms. The van der Waals surface area contributed by atoms with E-state index in [2.05, 4.69) is 50.2 Å². The summed E-state index contributed by atoms with van der Waals surface area (Å²) in [5, 5.41) is 2.80. The first-order valence-electron chi connectivity index (χ1n) is 6.13. The van der Waals surface area contributed by atoms with Crippen molar-refractivity contribution < 1.29 is 0 Å². The Hall–Kier alpha value is -1.34. The van der Waals surface area contributed by atoms with Crippen LogP contribution in [0.25, 0.3) is 20.2 Å². The van der Waals surface area contributed by atoms with E-state index in [-0.39, 0.29) is 0 Å². The van der Waals surface area contributed by atoms with Gasteiger partial charge in [-0.15, -0.1) is 11.3 Å². The number of benzene rings is 2. The predicted octanol–water partition coefficient (Wildman–Crippen LogP) is 5.70. The second-order valence-electron chi connectivity index (χ2n) is 4.10. The normalized spacial score (nSPS) is 10.4. The summed E-state index contributed by atoms with van der Waals surface area (Å²) in [7, 11) is 0. The molecule has 2 aromatic carbocycles. The van der Waals surface area contributed by atoms with Gasteiger partial charge in [-0.1, -0.05) is 37.1 Å². The van der Waals surface area contributed by atoms with Gasteiger partial charge in [-0.2, -0.15) is 0 Å². The molecule has 0 atom stereocenters. The van der Waals surface area contributed by atoms with Crippen molar-refractivity contribution in [2.75, 3.05) is 0 Å². The number of aryl methyl sites for hydroxylation is 2. The van der Waals surface area contributed by atoms with E-state index in [4.69, 9.17) is 0 Å². The lowest BCUT2D eigenvalue weighted by Gasteiger charge is -1.95. The van der Waals surface area contributed by atoms with Gasteiger partial charge in [0.15, 0.2) is 0 Å². The molecule has 0 radical (unpaired) electrons. The number of hydrogen-bond donors (Lipinski definition) is 0. The molecule has 0 saturated carbocycles. The van der Waals surface area contributed by atoms with E-state index < -0.39 is 0 Å². The summed E-state index contributed by atoms with van der Waals surface area (Å²) in [4.78, 5) is 0. The van der Waals surface area contributed by atoms with Gasteiger partial charge in [-0.3, -0.25) is 0 Å². The van der Waals surface area contributed by atoms with Gasteiger partial charge in [0.25, 0.3) is 0 Å². The lowest BCUT2D eigenvalue weighted by atomic mass is 10.1. The molecule has 0 aliphatic heterocycles. The van der Waals surface area contributed by atoms with Gasteiger partial charge >= 0.3 is 0 Å². The van der Waals surface area contributed by atoms with Gasteiger partial charge in [0, 0.05) is 20.2 Å². The van der Waals surface area contributed by atoms with E-state index in [9.17, 15) is 0 Å². The second kappa shape index (κ2) is 4.89. The Morgan fingerprint density at radius 1 is 0.706 bits per heavy atom. The van der Waals surface area contributed by atoms with Crippen molar-refractivity contribution in [1.29, 1.82) is 0 Å². The molecule has 1 heteroatoms. The van der Waals surface area contributed by atoms with Gasteiger partial charge in [0.2, 0.25) is 0 Å². The minimum absolute atomic E-state index is 1.34. The molecule has 88 valence electrons. The van der Waals surface area contributed by atoms with E-state index >= 15 is 0 Å². The Morgan fingerprint density at radius 2 is 1.12 bits per heavy atom. The minimum Gasteiger partial charge on any atom is -0.135 e. The standard InChI is InChI=1S/C14H12S.C2H6/c1-9-3-5-13-11(7-9)12-8-10(2)4-6-14(12)15-13;1-2/h3-8H,1-2H3;1-2H3. The highest BCUT2D eigenvalue weighted by Crippen LogP contribution is 2.34. The molecule has 1 heterocycles. The van der Waals surface area contributed by atoms with Crippen molar-refractivity contribution in [2.45, 2.75) is 27.7 Å². The maximum Gasteiger partial charge on any atom is 0.0355 e. The van der Waals surface area contributed by atoms with Crippen LogP contribution in [0.2, 0.25) is 0 Å². The van der Waals surface area contributed by atoms with Crippen LogP contribution in [-0.4, -0.2) is 0 Å². The maximum atomic E-state index is 2.29. The largest absolute Gasteiger partial charge is 0.135 e. The zero-order valence-corrected chi connectivity index (χ0v) is 11.7. The van der Waals surface area contributed by atoms with E-state index in [1.807, 2.05) is 25.2 Å². The molecule has 3 aromatic rings. The van der Waals surface area contributed by atoms with Crippen LogP contribution in [0.15, 0.2) is 36.4 Å². The van der Waals surface area contributed by atoms with E-state index in [0.29, 0.717) is 0 Å². The SMILES string of the molecule is CC.Cc1ccc2sc3ccc(C)cc3c2c1. The smallest absolute Gasteiger partial charge is 0.0355 e. The first-order chi connectivity index (χ1) is 8.24. The van der Waals surface area contributed by atoms with Crippen molar-refractivity contribution in [3.8, 4) is 0 Å². The average Bonchev–Trinajstić information content (AvgIpc) is 2.69. The quantitative estimate of drug-likeness (QED) is 0.474. The number of fused-ring (bicyclic) bond motifs is 3. The topological polar surface area (TPSA) is 0 Å². The van der Waals surface area contributed by atoms with Crippen molar-refractivity contribution in [3.05, 3.63) is 47.5 Å². The molecule has 0 saturated heterocycles. The van der Waals surface area contributed by atoms with Crippen LogP contribution in [0, 0.1) is 13.8 Å². The molecule has 0 spiro atoms. The average molecular weight is 242 g/mol. The Labute approximate surface area is 107 Å². The minimum atomic E-state index is 1.34. The molecule has 0 N–H and O–H groups in total. The molecule has 0 amide bonds. The van der Waals surface area contributed by atoms with Crippen LogP contribution in [-0.2, 0) is 0 Å². The van der Waals surface area contributed by atoms with Crippen LogP contribution in [0.3, 0.4) is 0 Å². The predicted molar refractivity (Wildman–Crippen MR) is 80.2 cm³/mol. The molecule has 0 aliphatic rings. The Kier molecular flexibility index (Phi) is 3.49. The van der Waals surface area contributed by atoms with Gasteiger partial charge in [-0.25, -0.2) is 0 Å². The second-order valence-corrected chi connectivity index (χ2v) is 5.19. The van der Waals surface area contributed by atoms with Crippen molar-refractivity contribution in [2.24, 2.45) is 0 Å². The fourth-order valence-electron chi connectivity index (χ4n) is 2.01. The zero-order chi connectivity index (χ0) is 12.4. The summed E-state index contributed by atoms with van der Waals surface area (Å²) in [6.45, 7) is 8.30. The maximum absolute atomic E-state index is 2.29. The number of hydrogen-bond acceptors (Lipinski definition) is 1. The Bertz CT molecular complexity index is 591. The summed E-state index contributed by atoms with van der Waals surface area (Å²) >= 11 is 1.88. The third kappa shape index (κ3) is 2.20. The monoisotopic (exact) mass is 242 g/mol. The lowest BCUT2D eigenvalue weighted by Crippen LogP contribution is -1.72. The first kappa shape index (κ1) is 12.1. The van der Waals surface area contributed by atoms with Gasteiger partial charge in [0.1, 0.15) is 0 Å². The van der Waals surface area contributed by atoms with E-state index in [0.717, 1.165) is 0 Å². The third-order valence-corrected chi connectivity index (χ3v) is 3.93. The van der Waals surface area contributed by atoms with E-state index in [1.165, 1.54) is 31.3 Å². The Balaban J connectivity index is 0.000000514. The third-order valence-electron chi connectivity index (χ3n) is 2.78. The molecular weight excluding hydrogens is 224 g/mol. The first-order valence-corrected chi connectivity index (χ1v) is 6.95. The van der Waals surface area contributed by atoms with Gasteiger partial charge in [0.05, 0.1) is 0 Å². The zero-order valence-electron chi connectivity index (χ0n) is 10.9. The van der Waals surface area contributed by atoms with Crippen LogP contribution in [0.5, 0.6) is 0 Å². The van der Waals surface area contributed by atoms with Crippen molar-refractivity contribution in [3.63, 3.8) is 0 Å². The molecular formula is C16H18S. The molecule has 3 rings (SSSR count). The summed E-state index contributed by atoms with van der Waals surface area (Å²) < 4.78 is 2.78. The summed E-state index contributed by atoms with van der Waals surface area (Å²) in [6.07, 6.45) is 0. The van der Waals surface area contributed by atoms with Crippen molar-refractivity contribution >= 4 is 31.5 Å². The summed E-state index contributed by atoms with van der Waals surface area (Å²) in [5.41, 5.74) is 2.67. The Morgan fingerprint density at radius 3 is 1.53 bits per heavy atom. The summed E-state index contributed by atoms with van der Waals surface area (Å²) in [5.74, 6) is 0. The van der Waals surface area contributed by atoms with Crippen LogP contribution < -0.4 is 0 Å². The van der Waals surface area contributed by atoms with Gasteiger partial charge < -0.3 is 0 Å². The highest BCUT2D eigenvalue weighted by Gasteiger charge is 2.04. The molecule has 0 fully saturated rings. The molecule has 1 aromatic heterocycles. The van der Waals surface area contributed by atoms with Crippen molar-refractivity contribution in [1.82, 2.24) is 0 Å². The fourth-order valence-corrected chi connectivity index (χ4v) is 3.07. The van der Waals surface area contributed by atoms with Crippen LogP contribution in [0.1, 0.15) is 25.0 Å². The van der Waals surface area contributed by atoms with E-state index in [1.54, 1.807) is 0 Å². The fraction of sp³-hybridized carbons (Fsp3) is 0.250. The molecule has 0 unspecified atom stereocenters. The molecule has 17 heavy (non-hydrogen) atoms. The van der Waals surface area contributed by atoms with Gasteiger partial charge in [-0.05, 0) is 38.1 Å². The highest BCUT2D eigenvalue weighted by molar-refractivity contribution is 7.25. The number of rotatable bonds is 0. The highest BCUT2D eigenvalue weighted by atomic mass is 32.1. The lowest BCUT2D eigenvalue weighted by molar-refractivity contribution is 1.50. The molecule has 0 aliphatic carbocycles. The molecule has 0 nitrogen and oxygen atoms in total. The van der Waals surface area contributed by atoms with Crippen LogP contribution >= 0.6 is 11.3 Å².